The summed E-state index contributed by atoms with van der Waals surface area (Å²) in [6.07, 6.45) is 0. The first kappa shape index (κ1) is 8.04. The Morgan fingerprint density at radius 3 is 2.60 bits per heavy atom. The maximum atomic E-state index is 10.1. The molecule has 1 N–H and O–H groups in total. The van der Waals surface area contributed by atoms with Gasteiger partial charge in [0.25, 0.3) is 0 Å². The summed E-state index contributed by atoms with van der Waals surface area (Å²) in [5.74, 6) is 0. The van der Waals surface area contributed by atoms with E-state index < -0.39 is 8.25 Å². The summed E-state index contributed by atoms with van der Waals surface area (Å²) in [7, 11) is -2.50. The van der Waals surface area contributed by atoms with Crippen molar-refractivity contribution in [1.82, 2.24) is 5.06 Å². The summed E-state index contributed by atoms with van der Waals surface area (Å²) in [5, 5.41) is 1.43. The molecule has 0 aromatic rings. The van der Waals surface area contributed by atoms with Crippen LogP contribution in [0.1, 0.15) is 0 Å². The van der Waals surface area contributed by atoms with Crippen molar-refractivity contribution in [1.29, 1.82) is 0 Å². The largest absolute Gasteiger partial charge is 0.713 e. The Bertz CT molecular complexity index is 124. The Hall–Kier alpha value is -0.0600. The van der Waals surface area contributed by atoms with E-state index in [4.69, 9.17) is 9.63 Å². The van der Waals surface area contributed by atoms with Gasteiger partial charge in [0.1, 0.15) is 0 Å². The number of rotatable bonds is 2. The molecular weight excluding hydrogens is 157 g/mol. The SMILES string of the molecule is O=[P+](O)ON1CCOCC1. The fourth-order valence-corrected chi connectivity index (χ4v) is 1.09. The molecule has 1 aliphatic rings. The van der Waals surface area contributed by atoms with Crippen molar-refractivity contribution in [2.75, 3.05) is 26.3 Å². The lowest BCUT2D eigenvalue weighted by molar-refractivity contribution is -0.119. The molecular formula is C4H9NO4P+. The van der Waals surface area contributed by atoms with Crippen molar-refractivity contribution in [3.8, 4) is 0 Å². The maximum absolute atomic E-state index is 10.1. The molecule has 0 saturated carbocycles. The van der Waals surface area contributed by atoms with E-state index in [2.05, 4.69) is 4.62 Å². The fraction of sp³-hybridized carbons (Fsp3) is 1.00. The van der Waals surface area contributed by atoms with E-state index in [1.807, 2.05) is 0 Å². The molecule has 6 heteroatoms. The van der Waals surface area contributed by atoms with Crippen LogP contribution in [0, 0.1) is 0 Å². The molecule has 0 amide bonds. The van der Waals surface area contributed by atoms with E-state index in [0.717, 1.165) is 0 Å². The molecule has 0 radical (unpaired) electrons. The first-order chi connectivity index (χ1) is 4.79. The zero-order valence-electron chi connectivity index (χ0n) is 5.39. The quantitative estimate of drug-likeness (QED) is 0.580. The number of ether oxygens (including phenoxy) is 1. The Morgan fingerprint density at radius 2 is 2.10 bits per heavy atom. The molecule has 1 fully saturated rings. The summed E-state index contributed by atoms with van der Waals surface area (Å²) in [6.45, 7) is 2.23. The van der Waals surface area contributed by atoms with Crippen molar-refractivity contribution >= 4 is 8.25 Å². The zero-order valence-corrected chi connectivity index (χ0v) is 6.29. The minimum atomic E-state index is -2.50. The molecule has 58 valence electrons. The molecule has 10 heavy (non-hydrogen) atoms. The van der Waals surface area contributed by atoms with Crippen LogP contribution in [0.15, 0.2) is 0 Å². The second-order valence-electron chi connectivity index (χ2n) is 1.86. The number of hydroxylamine groups is 2. The van der Waals surface area contributed by atoms with Crippen LogP contribution in [0.25, 0.3) is 0 Å². The number of nitrogens with zero attached hydrogens (tertiary/aromatic N) is 1. The lowest BCUT2D eigenvalue weighted by atomic mass is 10.5. The second kappa shape index (κ2) is 3.95. The minimum Gasteiger partial charge on any atom is -0.379 e. The van der Waals surface area contributed by atoms with Gasteiger partial charge in [-0.1, -0.05) is 0 Å². The van der Waals surface area contributed by atoms with Crippen LogP contribution in [0.4, 0.5) is 0 Å². The van der Waals surface area contributed by atoms with Crippen LogP contribution in [0.5, 0.6) is 0 Å². The van der Waals surface area contributed by atoms with Gasteiger partial charge in [0, 0.05) is 4.57 Å². The standard InChI is InChI=1S/C4H8NO4P/c6-10(7)9-5-1-3-8-4-2-5/h1-4H2/p+1. The van der Waals surface area contributed by atoms with Gasteiger partial charge in [-0.15, -0.1) is 9.96 Å². The molecule has 0 spiro atoms. The Balaban J connectivity index is 2.19. The van der Waals surface area contributed by atoms with Gasteiger partial charge in [-0.25, -0.2) is 0 Å². The van der Waals surface area contributed by atoms with E-state index in [-0.39, 0.29) is 0 Å². The molecule has 1 aliphatic heterocycles. The fourth-order valence-electron chi connectivity index (χ4n) is 0.727. The van der Waals surface area contributed by atoms with E-state index in [0.29, 0.717) is 26.3 Å². The molecule has 0 aromatic heterocycles. The Morgan fingerprint density at radius 1 is 1.50 bits per heavy atom. The van der Waals surface area contributed by atoms with Crippen LogP contribution in [-0.2, 0) is 13.9 Å². The highest BCUT2D eigenvalue weighted by atomic mass is 31.1. The van der Waals surface area contributed by atoms with E-state index in [1.165, 1.54) is 5.06 Å². The van der Waals surface area contributed by atoms with Crippen molar-refractivity contribution in [3.05, 3.63) is 0 Å². The third kappa shape index (κ3) is 2.68. The van der Waals surface area contributed by atoms with Crippen molar-refractivity contribution < 1.29 is 18.8 Å². The molecule has 1 saturated heterocycles. The Labute approximate surface area is 59.4 Å². The third-order valence-electron chi connectivity index (χ3n) is 1.16. The number of morpholine rings is 1. The van der Waals surface area contributed by atoms with E-state index >= 15 is 0 Å². The van der Waals surface area contributed by atoms with Gasteiger partial charge >= 0.3 is 8.25 Å². The summed E-state index contributed by atoms with van der Waals surface area (Å²) in [4.78, 5) is 8.31. The number of hydrogen-bond acceptors (Lipinski definition) is 4. The number of hydrogen-bond donors (Lipinski definition) is 1. The molecule has 1 atom stereocenters. The van der Waals surface area contributed by atoms with Gasteiger partial charge in [-0.05, 0) is 4.62 Å². The summed E-state index contributed by atoms with van der Waals surface area (Å²) in [6, 6.07) is 0. The van der Waals surface area contributed by atoms with Crippen LogP contribution in [0.3, 0.4) is 0 Å². The highest BCUT2D eigenvalue weighted by Gasteiger charge is 2.22. The van der Waals surface area contributed by atoms with Crippen molar-refractivity contribution in [2.24, 2.45) is 0 Å². The zero-order chi connectivity index (χ0) is 7.40. The van der Waals surface area contributed by atoms with E-state index in [9.17, 15) is 4.57 Å². The lowest BCUT2D eigenvalue weighted by Gasteiger charge is -2.18. The lowest BCUT2D eigenvalue weighted by Crippen LogP contribution is -2.34. The smallest absolute Gasteiger partial charge is 0.379 e. The minimum absolute atomic E-state index is 0.557. The van der Waals surface area contributed by atoms with Crippen molar-refractivity contribution in [2.45, 2.75) is 0 Å². The third-order valence-corrected chi connectivity index (χ3v) is 1.53. The molecule has 0 bridgehead atoms. The predicted octanol–water partition coefficient (Wildman–Crippen LogP) is -0.100. The van der Waals surface area contributed by atoms with Gasteiger partial charge in [0.05, 0.1) is 26.3 Å². The molecule has 5 nitrogen and oxygen atoms in total. The average molecular weight is 166 g/mol. The average Bonchev–Trinajstić information content (AvgIpc) is 1.88. The van der Waals surface area contributed by atoms with Gasteiger partial charge in [-0.2, -0.15) is 0 Å². The molecule has 1 heterocycles. The highest BCUT2D eigenvalue weighted by Crippen LogP contribution is 2.17. The molecule has 0 aliphatic carbocycles. The Kier molecular flexibility index (Phi) is 3.18. The summed E-state index contributed by atoms with van der Waals surface area (Å²) >= 11 is 0. The van der Waals surface area contributed by atoms with Gasteiger partial charge < -0.3 is 4.74 Å². The first-order valence-electron chi connectivity index (χ1n) is 2.96. The maximum Gasteiger partial charge on any atom is 0.713 e. The highest BCUT2D eigenvalue weighted by molar-refractivity contribution is 7.32. The van der Waals surface area contributed by atoms with Gasteiger partial charge in [-0.3, -0.25) is 0 Å². The topological polar surface area (TPSA) is 59.0 Å². The van der Waals surface area contributed by atoms with Crippen LogP contribution >= 0.6 is 8.25 Å². The van der Waals surface area contributed by atoms with Crippen LogP contribution in [0.2, 0.25) is 0 Å². The normalized spacial score (nSPS) is 22.7. The molecule has 1 rings (SSSR count). The first-order valence-corrected chi connectivity index (χ1v) is 4.09. The molecule has 0 aromatic carbocycles. The summed E-state index contributed by atoms with van der Waals surface area (Å²) < 4.78 is 19.6. The van der Waals surface area contributed by atoms with Crippen LogP contribution in [-0.4, -0.2) is 36.3 Å². The van der Waals surface area contributed by atoms with Gasteiger partial charge in [0.2, 0.25) is 0 Å². The second-order valence-corrected chi connectivity index (χ2v) is 2.50. The van der Waals surface area contributed by atoms with Gasteiger partial charge in [0.15, 0.2) is 0 Å². The predicted molar refractivity (Wildman–Crippen MR) is 33.3 cm³/mol. The van der Waals surface area contributed by atoms with Crippen LogP contribution < -0.4 is 0 Å². The van der Waals surface area contributed by atoms with Crippen molar-refractivity contribution in [3.63, 3.8) is 0 Å². The summed E-state index contributed by atoms with van der Waals surface area (Å²) in [5.41, 5.74) is 0. The molecule has 1 unspecified atom stereocenters. The van der Waals surface area contributed by atoms with E-state index in [1.54, 1.807) is 0 Å². The monoisotopic (exact) mass is 166 g/mol.